The lowest BCUT2D eigenvalue weighted by atomic mass is 10.1. The Morgan fingerprint density at radius 1 is 1.03 bits per heavy atom. The Balaban J connectivity index is 1.20. The average molecular weight is 422 g/mol. The summed E-state index contributed by atoms with van der Waals surface area (Å²) in [5, 5.41) is 0. The molecule has 1 amide bonds. The van der Waals surface area contributed by atoms with Crippen LogP contribution in [0.2, 0.25) is 0 Å². The fourth-order valence-electron chi connectivity index (χ4n) is 4.23. The number of carbonyl (C=O) groups excluding carboxylic acids is 1. The summed E-state index contributed by atoms with van der Waals surface area (Å²) in [6, 6.07) is 18.0. The van der Waals surface area contributed by atoms with Crippen LogP contribution in [0, 0.1) is 0 Å². The molecule has 2 heterocycles. The molecule has 1 unspecified atom stereocenters. The molecule has 0 aromatic heterocycles. The third-order valence-electron chi connectivity index (χ3n) is 5.88. The molecule has 0 bridgehead atoms. The molecule has 2 fully saturated rings. The van der Waals surface area contributed by atoms with Crippen LogP contribution < -0.4 is 14.5 Å². The normalized spacial score (nSPS) is 19.4. The number of piperazine rings is 1. The van der Waals surface area contributed by atoms with Crippen LogP contribution in [0.3, 0.4) is 0 Å². The Hall–Kier alpha value is -2.99. The SMILES string of the molecule is C=CCOc1ccccc1N1CCN(CCCC2CN(c3ccccc3)C(=O)O2)CC1. The maximum absolute atomic E-state index is 12.2. The first-order chi connectivity index (χ1) is 15.2. The molecule has 2 aliphatic rings. The molecule has 164 valence electrons. The molecule has 0 aliphatic carbocycles. The highest BCUT2D eigenvalue weighted by Crippen LogP contribution is 2.29. The van der Waals surface area contributed by atoms with E-state index in [1.807, 2.05) is 42.5 Å². The lowest BCUT2D eigenvalue weighted by molar-refractivity contribution is 0.131. The molecule has 4 rings (SSSR count). The van der Waals surface area contributed by atoms with Gasteiger partial charge in [0.2, 0.25) is 0 Å². The molecule has 31 heavy (non-hydrogen) atoms. The number of nitrogens with zero attached hydrogens (tertiary/aromatic N) is 3. The Labute approximate surface area is 184 Å². The van der Waals surface area contributed by atoms with E-state index in [0.29, 0.717) is 13.2 Å². The van der Waals surface area contributed by atoms with Gasteiger partial charge in [-0.25, -0.2) is 4.79 Å². The molecule has 0 spiro atoms. The van der Waals surface area contributed by atoms with E-state index >= 15 is 0 Å². The minimum absolute atomic E-state index is 0.0251. The second kappa shape index (κ2) is 10.4. The van der Waals surface area contributed by atoms with E-state index in [4.69, 9.17) is 9.47 Å². The van der Waals surface area contributed by atoms with Crippen molar-refractivity contribution < 1.29 is 14.3 Å². The van der Waals surface area contributed by atoms with Crippen LogP contribution in [0.15, 0.2) is 67.3 Å². The summed E-state index contributed by atoms with van der Waals surface area (Å²) < 4.78 is 11.4. The minimum atomic E-state index is -0.234. The van der Waals surface area contributed by atoms with Gasteiger partial charge in [-0.3, -0.25) is 9.80 Å². The Morgan fingerprint density at radius 2 is 1.77 bits per heavy atom. The van der Waals surface area contributed by atoms with Gasteiger partial charge in [0.05, 0.1) is 12.2 Å². The minimum Gasteiger partial charge on any atom is -0.487 e. The van der Waals surface area contributed by atoms with E-state index in [1.54, 1.807) is 11.0 Å². The van der Waals surface area contributed by atoms with Crippen LogP contribution in [-0.2, 0) is 4.74 Å². The fraction of sp³-hybridized carbons (Fsp3) is 0.400. The van der Waals surface area contributed by atoms with Crippen LogP contribution in [0.25, 0.3) is 0 Å². The fourth-order valence-corrected chi connectivity index (χ4v) is 4.23. The lowest BCUT2D eigenvalue weighted by Crippen LogP contribution is -2.46. The molecule has 1 atom stereocenters. The predicted octanol–water partition coefficient (Wildman–Crippen LogP) is 4.18. The van der Waals surface area contributed by atoms with E-state index in [-0.39, 0.29) is 12.2 Å². The standard InChI is InChI=1S/C25H31N3O3/c1-2-19-30-24-13-7-6-12-23(24)27-17-15-26(16-18-27)14-8-11-22-20-28(25(29)31-22)21-9-4-3-5-10-21/h2-7,9-10,12-13,22H,1,8,11,14-20H2. The summed E-state index contributed by atoms with van der Waals surface area (Å²) in [6.07, 6.45) is 3.44. The quantitative estimate of drug-likeness (QED) is 0.569. The smallest absolute Gasteiger partial charge is 0.414 e. The van der Waals surface area contributed by atoms with Gasteiger partial charge in [-0.1, -0.05) is 43.0 Å². The van der Waals surface area contributed by atoms with Gasteiger partial charge in [0.25, 0.3) is 0 Å². The topological polar surface area (TPSA) is 45.2 Å². The summed E-state index contributed by atoms with van der Waals surface area (Å²) in [4.78, 5) is 18.8. The number of carbonyl (C=O) groups is 1. The number of hydrogen-bond donors (Lipinski definition) is 0. The Morgan fingerprint density at radius 3 is 2.55 bits per heavy atom. The number of para-hydroxylation sites is 3. The van der Waals surface area contributed by atoms with E-state index in [2.05, 4.69) is 28.5 Å². The number of anilines is 2. The number of hydrogen-bond acceptors (Lipinski definition) is 5. The van der Waals surface area contributed by atoms with Gasteiger partial charge in [-0.2, -0.15) is 0 Å². The zero-order valence-electron chi connectivity index (χ0n) is 18.0. The van der Waals surface area contributed by atoms with Gasteiger partial charge in [0.1, 0.15) is 18.5 Å². The van der Waals surface area contributed by atoms with Gasteiger partial charge in [-0.15, -0.1) is 0 Å². The van der Waals surface area contributed by atoms with Crippen molar-refractivity contribution in [1.29, 1.82) is 0 Å². The predicted molar refractivity (Wildman–Crippen MR) is 124 cm³/mol. The van der Waals surface area contributed by atoms with E-state index in [9.17, 15) is 4.79 Å². The first-order valence-corrected chi connectivity index (χ1v) is 11.1. The van der Waals surface area contributed by atoms with Gasteiger partial charge in [0, 0.05) is 31.9 Å². The van der Waals surface area contributed by atoms with E-state index in [1.165, 1.54) is 0 Å². The van der Waals surface area contributed by atoms with Crippen molar-refractivity contribution in [1.82, 2.24) is 4.90 Å². The van der Waals surface area contributed by atoms with Crippen molar-refractivity contribution in [3.05, 3.63) is 67.3 Å². The molecule has 6 nitrogen and oxygen atoms in total. The van der Waals surface area contributed by atoms with Gasteiger partial charge in [0.15, 0.2) is 0 Å². The molecule has 0 N–H and O–H groups in total. The van der Waals surface area contributed by atoms with Crippen LogP contribution in [0.4, 0.5) is 16.2 Å². The van der Waals surface area contributed by atoms with Crippen molar-refractivity contribution in [2.75, 3.05) is 55.7 Å². The number of amides is 1. The maximum Gasteiger partial charge on any atom is 0.414 e. The van der Waals surface area contributed by atoms with Crippen LogP contribution >= 0.6 is 0 Å². The van der Waals surface area contributed by atoms with Gasteiger partial charge < -0.3 is 14.4 Å². The first kappa shape index (κ1) is 21.2. The van der Waals surface area contributed by atoms with Gasteiger partial charge in [-0.05, 0) is 43.7 Å². The molecule has 0 radical (unpaired) electrons. The van der Waals surface area contributed by atoms with Crippen LogP contribution in [0.5, 0.6) is 5.75 Å². The summed E-state index contributed by atoms with van der Waals surface area (Å²) in [7, 11) is 0. The van der Waals surface area contributed by atoms with Crippen molar-refractivity contribution in [2.45, 2.75) is 18.9 Å². The largest absolute Gasteiger partial charge is 0.487 e. The zero-order valence-corrected chi connectivity index (χ0v) is 18.0. The molecule has 2 aromatic carbocycles. The number of ether oxygens (including phenoxy) is 2. The van der Waals surface area contributed by atoms with Crippen molar-refractivity contribution >= 4 is 17.5 Å². The number of cyclic esters (lactones) is 1. The van der Waals surface area contributed by atoms with Crippen molar-refractivity contribution in [3.8, 4) is 5.75 Å². The highest BCUT2D eigenvalue weighted by molar-refractivity contribution is 5.89. The lowest BCUT2D eigenvalue weighted by Gasteiger charge is -2.36. The van der Waals surface area contributed by atoms with Crippen molar-refractivity contribution in [3.63, 3.8) is 0 Å². The molecular weight excluding hydrogens is 390 g/mol. The average Bonchev–Trinajstić information content (AvgIpc) is 3.19. The number of benzene rings is 2. The third-order valence-corrected chi connectivity index (χ3v) is 5.88. The highest BCUT2D eigenvalue weighted by Gasteiger charge is 2.32. The van der Waals surface area contributed by atoms with Crippen LogP contribution in [-0.4, -0.2) is 63.0 Å². The van der Waals surface area contributed by atoms with Crippen molar-refractivity contribution in [2.24, 2.45) is 0 Å². The molecular formula is C25H31N3O3. The monoisotopic (exact) mass is 421 g/mol. The molecule has 2 aromatic rings. The first-order valence-electron chi connectivity index (χ1n) is 11.1. The highest BCUT2D eigenvalue weighted by atomic mass is 16.6. The second-order valence-corrected chi connectivity index (χ2v) is 7.99. The summed E-state index contributed by atoms with van der Waals surface area (Å²) in [6.45, 7) is 9.93. The van der Waals surface area contributed by atoms with Gasteiger partial charge >= 0.3 is 6.09 Å². The molecule has 0 saturated carbocycles. The number of rotatable bonds is 9. The third kappa shape index (κ3) is 5.39. The van der Waals surface area contributed by atoms with Crippen LogP contribution in [0.1, 0.15) is 12.8 Å². The second-order valence-electron chi connectivity index (χ2n) is 7.99. The Kier molecular flexibility index (Phi) is 7.10. The zero-order chi connectivity index (χ0) is 21.5. The van der Waals surface area contributed by atoms with E-state index < -0.39 is 0 Å². The molecule has 2 aliphatic heterocycles. The van der Waals surface area contributed by atoms with E-state index in [0.717, 1.165) is 62.7 Å². The molecule has 2 saturated heterocycles. The summed E-state index contributed by atoms with van der Waals surface area (Å²) in [5.41, 5.74) is 2.06. The Bertz CT molecular complexity index is 865. The summed E-state index contributed by atoms with van der Waals surface area (Å²) >= 11 is 0. The maximum atomic E-state index is 12.2. The summed E-state index contributed by atoms with van der Waals surface area (Å²) in [5.74, 6) is 0.918. The molecule has 6 heteroatoms.